The Kier molecular flexibility index (Phi) is 5.79. The molecule has 0 unspecified atom stereocenters. The summed E-state index contributed by atoms with van der Waals surface area (Å²) in [6.07, 6.45) is 1.41. The van der Waals surface area contributed by atoms with Crippen molar-refractivity contribution in [3.05, 3.63) is 106 Å². The molecule has 0 N–H and O–H groups in total. The maximum absolute atomic E-state index is 13.2. The van der Waals surface area contributed by atoms with Crippen LogP contribution in [0.25, 0.3) is 0 Å². The summed E-state index contributed by atoms with van der Waals surface area (Å²) in [4.78, 5) is 40.0. The summed E-state index contributed by atoms with van der Waals surface area (Å²) in [5, 5.41) is 0. The number of hydrogen-bond acceptors (Lipinski definition) is 3. The van der Waals surface area contributed by atoms with Crippen molar-refractivity contribution < 1.29 is 14.0 Å². The number of amides is 1. The molecule has 1 atom stereocenters. The number of aromatic nitrogens is 1. The van der Waals surface area contributed by atoms with E-state index >= 15 is 0 Å². The molecule has 2 aromatic carbocycles. The lowest BCUT2D eigenvalue weighted by atomic mass is 10.0. The molecule has 1 heterocycles. The molecule has 0 bridgehead atoms. The molecule has 6 heteroatoms. The molecule has 0 aliphatic carbocycles. The summed E-state index contributed by atoms with van der Waals surface area (Å²) in [7, 11) is 1.58. The molecule has 3 rings (SSSR count). The largest absolute Gasteiger partial charge is 0.339 e. The fourth-order valence-corrected chi connectivity index (χ4v) is 2.93. The van der Waals surface area contributed by atoms with Crippen molar-refractivity contribution in [2.75, 3.05) is 7.05 Å². The summed E-state index contributed by atoms with van der Waals surface area (Å²) < 4.78 is 14.3. The molecule has 142 valence electrons. The molecule has 0 radical (unpaired) electrons. The number of likely N-dealkylation sites (N-methyl/N-ethyl adjacent to an activating group) is 1. The van der Waals surface area contributed by atoms with Gasteiger partial charge in [-0.05, 0) is 35.9 Å². The van der Waals surface area contributed by atoms with Crippen LogP contribution in [0, 0.1) is 5.82 Å². The van der Waals surface area contributed by atoms with E-state index in [2.05, 4.69) is 0 Å². The third-order valence-electron chi connectivity index (χ3n) is 4.38. The van der Waals surface area contributed by atoms with Gasteiger partial charge in [-0.25, -0.2) is 4.39 Å². The lowest BCUT2D eigenvalue weighted by molar-refractivity contribution is -0.132. The van der Waals surface area contributed by atoms with Crippen LogP contribution in [-0.4, -0.2) is 28.2 Å². The van der Waals surface area contributed by atoms with Crippen LogP contribution in [0.4, 0.5) is 4.39 Å². The monoisotopic (exact) mass is 378 g/mol. The van der Waals surface area contributed by atoms with Gasteiger partial charge in [0.1, 0.15) is 5.82 Å². The van der Waals surface area contributed by atoms with Gasteiger partial charge < -0.3 is 4.90 Å². The minimum Gasteiger partial charge on any atom is -0.339 e. The van der Waals surface area contributed by atoms with E-state index in [1.54, 1.807) is 13.1 Å². The van der Waals surface area contributed by atoms with Gasteiger partial charge >= 0.3 is 0 Å². The number of hydrogen-bond donors (Lipinski definition) is 0. The molecule has 3 aromatic rings. The molecule has 0 saturated heterocycles. The molecule has 1 amide bonds. The summed E-state index contributed by atoms with van der Waals surface area (Å²) in [6.45, 7) is 0.286. The fourth-order valence-electron chi connectivity index (χ4n) is 2.93. The zero-order chi connectivity index (χ0) is 20.1. The highest BCUT2D eigenvalue weighted by atomic mass is 19.1. The minimum atomic E-state index is -1.37. The smallest absolute Gasteiger partial charge is 0.253 e. The summed E-state index contributed by atoms with van der Waals surface area (Å²) in [6, 6.07) is 17.3. The van der Waals surface area contributed by atoms with E-state index in [0.717, 1.165) is 22.3 Å². The third-order valence-corrected chi connectivity index (χ3v) is 4.38. The van der Waals surface area contributed by atoms with E-state index in [0.29, 0.717) is 0 Å². The van der Waals surface area contributed by atoms with Gasteiger partial charge in [0.05, 0.1) is 0 Å². The normalized spacial score (nSPS) is 11.6. The lowest BCUT2D eigenvalue weighted by Gasteiger charge is -2.24. The number of halogens is 1. The first-order valence-electron chi connectivity index (χ1n) is 8.73. The molecular weight excluding hydrogens is 359 g/mol. The van der Waals surface area contributed by atoms with E-state index in [1.807, 2.05) is 30.3 Å². The Morgan fingerprint density at radius 1 is 0.964 bits per heavy atom. The second kappa shape index (κ2) is 8.43. The predicted molar refractivity (Wildman–Crippen MR) is 103 cm³/mol. The van der Waals surface area contributed by atoms with Crippen LogP contribution in [-0.2, 0) is 11.3 Å². The number of benzene rings is 2. The fraction of sp³-hybridized carbons (Fsp3) is 0.136. The predicted octanol–water partition coefficient (Wildman–Crippen LogP) is 3.07. The van der Waals surface area contributed by atoms with E-state index in [4.69, 9.17) is 0 Å². The Bertz CT molecular complexity index is 1030. The van der Waals surface area contributed by atoms with Crippen LogP contribution in [0.15, 0.2) is 83.8 Å². The van der Waals surface area contributed by atoms with Crippen molar-refractivity contribution in [2.24, 2.45) is 0 Å². The number of carbonyl (C=O) groups is 2. The number of carbonyl (C=O) groups excluding carboxylic acids is 2. The standard InChI is InChI=1S/C22H19FN2O3/c1-24(15-16-7-3-2-4-8-16)22(28)20(25-14-6-5-9-19(25)26)21(27)17-10-12-18(23)13-11-17/h2-14,20H,15H2,1H3/t20-/m0/s1. The van der Waals surface area contributed by atoms with Crippen LogP contribution in [0.3, 0.4) is 0 Å². The van der Waals surface area contributed by atoms with Crippen LogP contribution < -0.4 is 5.56 Å². The van der Waals surface area contributed by atoms with E-state index < -0.39 is 29.1 Å². The quantitative estimate of drug-likeness (QED) is 0.489. The molecule has 0 spiro atoms. The molecular formula is C22H19FN2O3. The first-order valence-corrected chi connectivity index (χ1v) is 8.73. The zero-order valence-corrected chi connectivity index (χ0v) is 15.3. The summed E-state index contributed by atoms with van der Waals surface area (Å²) in [5.74, 6) is -1.58. The van der Waals surface area contributed by atoms with Gasteiger partial charge in [-0.2, -0.15) is 0 Å². The Balaban J connectivity index is 1.97. The van der Waals surface area contributed by atoms with Crippen molar-refractivity contribution in [1.29, 1.82) is 0 Å². The third kappa shape index (κ3) is 4.23. The molecule has 1 aromatic heterocycles. The Hall–Kier alpha value is -3.54. The van der Waals surface area contributed by atoms with Gasteiger partial charge in [-0.15, -0.1) is 0 Å². The van der Waals surface area contributed by atoms with Gasteiger partial charge in [-0.1, -0.05) is 36.4 Å². The Labute approximate surface area is 161 Å². The minimum absolute atomic E-state index is 0.156. The molecule has 5 nitrogen and oxygen atoms in total. The molecule has 0 aliphatic rings. The van der Waals surface area contributed by atoms with Crippen molar-refractivity contribution >= 4 is 11.7 Å². The highest BCUT2D eigenvalue weighted by molar-refractivity contribution is 6.11. The van der Waals surface area contributed by atoms with Crippen molar-refractivity contribution in [2.45, 2.75) is 12.6 Å². The molecule has 0 aliphatic heterocycles. The molecule has 28 heavy (non-hydrogen) atoms. The van der Waals surface area contributed by atoms with Crippen molar-refractivity contribution in [1.82, 2.24) is 9.47 Å². The van der Waals surface area contributed by atoms with Crippen LogP contribution in [0.1, 0.15) is 22.0 Å². The SMILES string of the molecule is CN(Cc1ccccc1)C(=O)[C@H](C(=O)c1ccc(F)cc1)n1ccccc1=O. The average Bonchev–Trinajstić information content (AvgIpc) is 2.70. The topological polar surface area (TPSA) is 59.4 Å². The Morgan fingerprint density at radius 3 is 2.25 bits per heavy atom. The van der Waals surface area contributed by atoms with Crippen LogP contribution in [0.2, 0.25) is 0 Å². The van der Waals surface area contributed by atoms with Gasteiger partial charge in [-0.3, -0.25) is 19.0 Å². The number of rotatable bonds is 6. The van der Waals surface area contributed by atoms with Crippen molar-refractivity contribution in [3.8, 4) is 0 Å². The highest BCUT2D eigenvalue weighted by Gasteiger charge is 2.32. The second-order valence-corrected chi connectivity index (χ2v) is 6.40. The number of Topliss-reactive ketones (excluding diaryl/α,β-unsaturated/α-hetero) is 1. The van der Waals surface area contributed by atoms with Crippen molar-refractivity contribution in [3.63, 3.8) is 0 Å². The maximum Gasteiger partial charge on any atom is 0.253 e. The van der Waals surface area contributed by atoms with E-state index in [1.165, 1.54) is 35.4 Å². The number of ketones is 1. The average molecular weight is 378 g/mol. The second-order valence-electron chi connectivity index (χ2n) is 6.40. The molecule has 0 saturated carbocycles. The summed E-state index contributed by atoms with van der Waals surface area (Å²) in [5.41, 5.74) is 0.583. The van der Waals surface area contributed by atoms with Gasteiger partial charge in [0.15, 0.2) is 11.8 Å². The zero-order valence-electron chi connectivity index (χ0n) is 15.3. The van der Waals surface area contributed by atoms with Crippen LogP contribution in [0.5, 0.6) is 0 Å². The lowest BCUT2D eigenvalue weighted by Crippen LogP contribution is -2.41. The number of nitrogens with zero attached hydrogens (tertiary/aromatic N) is 2. The highest BCUT2D eigenvalue weighted by Crippen LogP contribution is 2.18. The van der Waals surface area contributed by atoms with E-state index in [-0.39, 0.29) is 12.1 Å². The molecule has 0 fully saturated rings. The van der Waals surface area contributed by atoms with Gasteiger partial charge in [0, 0.05) is 31.4 Å². The van der Waals surface area contributed by atoms with Crippen LogP contribution >= 0.6 is 0 Å². The van der Waals surface area contributed by atoms with Gasteiger partial charge in [0.2, 0.25) is 0 Å². The maximum atomic E-state index is 13.2. The summed E-state index contributed by atoms with van der Waals surface area (Å²) >= 11 is 0. The Morgan fingerprint density at radius 2 is 1.61 bits per heavy atom. The first-order chi connectivity index (χ1) is 13.5. The van der Waals surface area contributed by atoms with E-state index in [9.17, 15) is 18.8 Å². The van der Waals surface area contributed by atoms with Gasteiger partial charge in [0.25, 0.3) is 11.5 Å². The number of pyridine rings is 1. The first kappa shape index (κ1) is 19.2.